The molecule has 1 heterocycles. The molecule has 1 fully saturated rings. The van der Waals surface area contributed by atoms with Gasteiger partial charge in [0.15, 0.2) is 0 Å². The predicted octanol–water partition coefficient (Wildman–Crippen LogP) is 2.03. The zero-order valence-corrected chi connectivity index (χ0v) is 10.6. The van der Waals surface area contributed by atoms with E-state index in [4.69, 9.17) is 5.73 Å². The van der Waals surface area contributed by atoms with E-state index in [1.807, 2.05) is 11.0 Å². The van der Waals surface area contributed by atoms with E-state index in [2.05, 4.69) is 0 Å². The van der Waals surface area contributed by atoms with Gasteiger partial charge in [-0.25, -0.2) is 4.39 Å². The van der Waals surface area contributed by atoms with Crippen molar-refractivity contribution in [3.8, 4) is 0 Å². The lowest BCUT2D eigenvalue weighted by Gasteiger charge is -2.32. The summed E-state index contributed by atoms with van der Waals surface area (Å²) in [6.07, 6.45) is 4.18. The van der Waals surface area contributed by atoms with Crippen molar-refractivity contribution in [1.82, 2.24) is 0 Å². The van der Waals surface area contributed by atoms with Crippen LogP contribution in [0.15, 0.2) is 18.2 Å². The predicted molar refractivity (Wildman–Crippen MR) is 71.0 cm³/mol. The first-order chi connectivity index (χ1) is 8.77. The van der Waals surface area contributed by atoms with Crippen LogP contribution in [-0.2, 0) is 6.54 Å². The minimum atomic E-state index is -0.238. The molecule has 1 aromatic rings. The number of hydrogen-bond acceptors (Lipinski definition) is 3. The molecule has 4 heteroatoms. The number of nitrogens with zero attached hydrogens (tertiary/aromatic N) is 1. The average molecular weight is 252 g/mol. The first kappa shape index (κ1) is 13.3. The Bertz CT molecular complexity index is 397. The van der Waals surface area contributed by atoms with E-state index in [-0.39, 0.29) is 18.5 Å². The summed E-state index contributed by atoms with van der Waals surface area (Å²) in [5, 5.41) is 9.51. The number of para-hydroxylation sites is 1. The van der Waals surface area contributed by atoms with Crippen molar-refractivity contribution >= 4 is 5.69 Å². The zero-order chi connectivity index (χ0) is 13.0. The minimum absolute atomic E-state index is 0.00898. The van der Waals surface area contributed by atoms with Crippen LogP contribution in [0.4, 0.5) is 10.1 Å². The monoisotopic (exact) mass is 252 g/mol. The molecule has 1 atom stereocenters. The first-order valence-corrected chi connectivity index (χ1v) is 6.63. The van der Waals surface area contributed by atoms with Gasteiger partial charge < -0.3 is 15.7 Å². The number of nitrogens with two attached hydrogens (primary N) is 1. The standard InChI is InChI=1S/C14H21FN2O/c15-13-7-4-5-11(9-16)14(13)17-8-3-1-2-6-12(17)10-18/h4-5,7,12,18H,1-3,6,8-10,16H2. The Labute approximate surface area is 107 Å². The van der Waals surface area contributed by atoms with Crippen LogP contribution in [0, 0.1) is 5.82 Å². The maximum Gasteiger partial charge on any atom is 0.146 e. The Morgan fingerprint density at radius 1 is 1.33 bits per heavy atom. The third kappa shape index (κ3) is 2.65. The number of benzene rings is 1. The summed E-state index contributed by atoms with van der Waals surface area (Å²) in [5.74, 6) is -0.238. The van der Waals surface area contributed by atoms with E-state index >= 15 is 0 Å². The van der Waals surface area contributed by atoms with Crippen LogP contribution < -0.4 is 10.6 Å². The summed E-state index contributed by atoms with van der Waals surface area (Å²) < 4.78 is 14.1. The molecule has 0 aromatic heterocycles. The van der Waals surface area contributed by atoms with E-state index in [1.54, 1.807) is 6.07 Å². The molecular formula is C14H21FN2O. The fourth-order valence-electron chi connectivity index (χ4n) is 2.71. The molecule has 3 nitrogen and oxygen atoms in total. The molecule has 0 saturated carbocycles. The van der Waals surface area contributed by atoms with E-state index in [9.17, 15) is 9.50 Å². The molecule has 2 rings (SSSR count). The summed E-state index contributed by atoms with van der Waals surface area (Å²) in [6.45, 7) is 1.18. The highest BCUT2D eigenvalue weighted by Gasteiger charge is 2.24. The molecule has 1 unspecified atom stereocenters. The van der Waals surface area contributed by atoms with E-state index in [0.29, 0.717) is 12.2 Å². The smallest absolute Gasteiger partial charge is 0.146 e. The fourth-order valence-corrected chi connectivity index (χ4v) is 2.71. The Morgan fingerprint density at radius 3 is 2.89 bits per heavy atom. The van der Waals surface area contributed by atoms with E-state index in [1.165, 1.54) is 6.07 Å². The topological polar surface area (TPSA) is 49.5 Å². The Kier molecular flexibility index (Phi) is 4.55. The highest BCUT2D eigenvalue weighted by Crippen LogP contribution is 2.29. The Hall–Kier alpha value is -1.13. The maximum atomic E-state index is 14.1. The molecule has 0 bridgehead atoms. The highest BCUT2D eigenvalue weighted by molar-refractivity contribution is 5.56. The second kappa shape index (κ2) is 6.16. The zero-order valence-electron chi connectivity index (χ0n) is 10.6. The SMILES string of the molecule is NCc1cccc(F)c1N1CCCCCC1CO. The normalized spacial score (nSPS) is 20.8. The highest BCUT2D eigenvalue weighted by atomic mass is 19.1. The van der Waals surface area contributed by atoms with Gasteiger partial charge in [0.25, 0.3) is 0 Å². The lowest BCUT2D eigenvalue weighted by atomic mass is 10.1. The molecule has 1 aliphatic rings. The Morgan fingerprint density at radius 2 is 2.17 bits per heavy atom. The molecule has 0 radical (unpaired) electrons. The van der Waals surface area contributed by atoms with Gasteiger partial charge in [0.2, 0.25) is 0 Å². The molecule has 0 aliphatic carbocycles. The summed E-state index contributed by atoms with van der Waals surface area (Å²) in [6, 6.07) is 5.02. The van der Waals surface area contributed by atoms with Crippen LogP contribution in [0.2, 0.25) is 0 Å². The van der Waals surface area contributed by atoms with Crippen molar-refractivity contribution in [3.63, 3.8) is 0 Å². The minimum Gasteiger partial charge on any atom is -0.394 e. The third-order valence-electron chi connectivity index (χ3n) is 3.67. The van der Waals surface area contributed by atoms with Crippen LogP contribution in [0.1, 0.15) is 31.2 Å². The summed E-state index contributed by atoms with van der Waals surface area (Å²) in [5.41, 5.74) is 7.10. The Balaban J connectivity index is 2.37. The second-order valence-electron chi connectivity index (χ2n) is 4.83. The maximum absolute atomic E-state index is 14.1. The molecule has 1 aliphatic heterocycles. The number of hydrogen-bond donors (Lipinski definition) is 2. The van der Waals surface area contributed by atoms with Crippen molar-refractivity contribution in [2.45, 2.75) is 38.3 Å². The van der Waals surface area contributed by atoms with Crippen molar-refractivity contribution < 1.29 is 9.50 Å². The van der Waals surface area contributed by atoms with Crippen LogP contribution in [0.5, 0.6) is 0 Å². The fraction of sp³-hybridized carbons (Fsp3) is 0.571. The molecule has 1 aromatic carbocycles. The number of aliphatic hydroxyl groups is 1. The van der Waals surface area contributed by atoms with Crippen molar-refractivity contribution in [2.24, 2.45) is 5.73 Å². The second-order valence-corrected chi connectivity index (χ2v) is 4.83. The van der Waals surface area contributed by atoms with Crippen molar-refractivity contribution in [1.29, 1.82) is 0 Å². The number of halogens is 1. The van der Waals surface area contributed by atoms with Crippen LogP contribution in [0.25, 0.3) is 0 Å². The number of rotatable bonds is 3. The van der Waals surface area contributed by atoms with Gasteiger partial charge in [-0.1, -0.05) is 25.0 Å². The lowest BCUT2D eigenvalue weighted by molar-refractivity contribution is 0.254. The quantitative estimate of drug-likeness (QED) is 0.865. The summed E-state index contributed by atoms with van der Waals surface area (Å²) >= 11 is 0. The largest absolute Gasteiger partial charge is 0.394 e. The van der Waals surface area contributed by atoms with Gasteiger partial charge >= 0.3 is 0 Å². The summed E-state index contributed by atoms with van der Waals surface area (Å²) in [4.78, 5) is 2.00. The van der Waals surface area contributed by atoms with Crippen LogP contribution >= 0.6 is 0 Å². The molecule has 18 heavy (non-hydrogen) atoms. The molecule has 0 amide bonds. The lowest BCUT2D eigenvalue weighted by Crippen LogP contribution is -2.39. The van der Waals surface area contributed by atoms with Crippen molar-refractivity contribution in [3.05, 3.63) is 29.6 Å². The molecular weight excluding hydrogens is 231 g/mol. The third-order valence-corrected chi connectivity index (χ3v) is 3.67. The van der Waals surface area contributed by atoms with Gasteiger partial charge in [-0.3, -0.25) is 0 Å². The molecule has 0 spiro atoms. The molecule has 100 valence electrons. The number of aliphatic hydroxyl groups excluding tert-OH is 1. The molecule has 3 N–H and O–H groups in total. The van der Waals surface area contributed by atoms with Crippen molar-refractivity contribution in [2.75, 3.05) is 18.1 Å². The van der Waals surface area contributed by atoms with Gasteiger partial charge in [-0.15, -0.1) is 0 Å². The van der Waals surface area contributed by atoms with Gasteiger partial charge in [0.05, 0.1) is 18.3 Å². The number of anilines is 1. The average Bonchev–Trinajstić information content (AvgIpc) is 2.63. The van der Waals surface area contributed by atoms with E-state index < -0.39 is 0 Å². The first-order valence-electron chi connectivity index (χ1n) is 6.63. The van der Waals surface area contributed by atoms with Gasteiger partial charge in [-0.2, -0.15) is 0 Å². The van der Waals surface area contributed by atoms with Gasteiger partial charge in [0, 0.05) is 13.1 Å². The summed E-state index contributed by atoms with van der Waals surface area (Å²) in [7, 11) is 0. The van der Waals surface area contributed by atoms with Gasteiger partial charge in [0.1, 0.15) is 5.82 Å². The van der Waals surface area contributed by atoms with E-state index in [0.717, 1.165) is 37.8 Å². The molecule has 1 saturated heterocycles. The van der Waals surface area contributed by atoms with Gasteiger partial charge in [-0.05, 0) is 24.5 Å². The van der Waals surface area contributed by atoms with Crippen LogP contribution in [0.3, 0.4) is 0 Å². The van der Waals surface area contributed by atoms with Crippen LogP contribution in [-0.4, -0.2) is 24.3 Å².